The molecule has 4 aliphatic heterocycles. The number of rotatable bonds is 40. The maximum absolute atomic E-state index is 13.5. The molecule has 0 unspecified atom stereocenters. The van der Waals surface area contributed by atoms with Gasteiger partial charge in [-0.25, -0.2) is 19.2 Å². The Hall–Kier alpha value is -8.12. The quantitative estimate of drug-likeness (QED) is 0.0192. The molecule has 120 heavy (non-hydrogen) atoms. The number of ether oxygens (including phenoxy) is 8. The van der Waals surface area contributed by atoms with Crippen molar-refractivity contribution in [2.75, 3.05) is 26.4 Å². The molecule has 4 amide bonds. The molecule has 24 nitrogen and oxygen atoms in total. The summed E-state index contributed by atoms with van der Waals surface area (Å²) in [7, 11) is 0. The maximum atomic E-state index is 13.5. The van der Waals surface area contributed by atoms with Gasteiger partial charge in [-0.1, -0.05) is 231 Å². The third-order valence-electron chi connectivity index (χ3n) is 21.7. The summed E-state index contributed by atoms with van der Waals surface area (Å²) in [6.45, 7) is 9.43. The number of esters is 8. The fourth-order valence-electron chi connectivity index (χ4n) is 14.4. The first-order valence-electron chi connectivity index (χ1n) is 47.0. The summed E-state index contributed by atoms with van der Waals surface area (Å²) in [5.41, 5.74) is 0. The molecule has 4 bridgehead atoms. The number of unbranched alkanes of at least 4 members (excludes halogenated alkanes) is 28. The fourth-order valence-corrected chi connectivity index (χ4v) is 14.4. The van der Waals surface area contributed by atoms with Crippen LogP contribution in [0.15, 0.2) is 0 Å². The van der Waals surface area contributed by atoms with Crippen LogP contribution in [-0.4, -0.2) is 146 Å². The van der Waals surface area contributed by atoms with E-state index >= 15 is 0 Å². The second-order valence-corrected chi connectivity index (χ2v) is 32.6. The number of amides is 4. The molecule has 24 heteroatoms. The van der Waals surface area contributed by atoms with Crippen LogP contribution in [0.4, 0.5) is 0 Å². The summed E-state index contributed by atoms with van der Waals surface area (Å²) in [6.07, 6.45) is 37.1. The lowest BCUT2D eigenvalue weighted by Gasteiger charge is -2.28. The van der Waals surface area contributed by atoms with Gasteiger partial charge in [-0.2, -0.15) is 0 Å². The Kier molecular flexibility index (Phi) is 64.1. The summed E-state index contributed by atoms with van der Waals surface area (Å²) in [5, 5.41) is 11.1. The van der Waals surface area contributed by atoms with Gasteiger partial charge in [0.1, 0.15) is 48.6 Å². The van der Waals surface area contributed by atoms with Gasteiger partial charge in [0.2, 0.25) is 23.6 Å². The lowest BCUT2D eigenvalue weighted by atomic mass is 9.95. The number of hydrogen-bond donors (Lipinski definition) is 4. The van der Waals surface area contributed by atoms with Gasteiger partial charge in [-0.3, -0.25) is 38.4 Å². The van der Waals surface area contributed by atoms with E-state index in [9.17, 15) is 57.5 Å². The average Bonchev–Trinajstić information content (AvgIpc) is 0.897. The van der Waals surface area contributed by atoms with E-state index in [0.29, 0.717) is 128 Å². The SMILES string of the molecule is CCCCCCCCCCOC(=O)[C@@H]1CCC(=O)OC2CCC(CC2)OC(=O)CC[C@@H](C(=O)OCCCCCCCCCC)NC(=O)CCCC#CC#CCCCC(=O)N[C@H](C(=O)OCCCCCCCCCC)CCC(=O)OC2CCC(CC2)OC(=O)CC[C@@H](C(=O)OCCCCCCCCCC)NC(=O)CCCC#CC#CCCCC(=O)N1. The van der Waals surface area contributed by atoms with Gasteiger partial charge < -0.3 is 59.2 Å². The molecule has 6 aliphatic rings. The molecule has 0 saturated heterocycles. The van der Waals surface area contributed by atoms with Crippen molar-refractivity contribution in [2.45, 2.75) is 462 Å². The minimum atomic E-state index is -1.10. The second-order valence-electron chi connectivity index (χ2n) is 32.6. The van der Waals surface area contributed by atoms with Crippen molar-refractivity contribution in [1.82, 2.24) is 21.3 Å². The van der Waals surface area contributed by atoms with Gasteiger partial charge in [0.15, 0.2) is 0 Å². The normalized spacial score (nSPS) is 21.6. The standard InChI is InChI=1S/C96H152N4O20/c1-5-9-13-17-21-33-41-49-73-113-93(109)81-65-69-89(105)117-77-57-59-78(60-58-77)118-90(106)70-66-82(94(110)114-74-50-42-34-22-18-14-10-6-2)98-87(103)55-47-39-31-27-28-32-40-48-56-88(104)100-84(96(112)116-76-52-44-36-24-20-16-12-8-4)68-72-92(108)120-80-63-61-79(62-64-80)119-91(107)71-67-83(95(111)115-75-51-43-35-23-19-15-11-7-3)99-86(102)54-46-38-30-26-25-29-37-45-53-85(101)97-81/h77-84H,5-24,33-76H2,1-4H3,(H,97,101)(H,98,103)(H,99,102)(H,100,104)/t77?,78?,79?,80?,81-,82-,83-,84-/m0/s1. The molecular formula is C96H152N4O20. The summed E-state index contributed by atoms with van der Waals surface area (Å²) in [5.74, 6) is 16.6. The Bertz CT molecular complexity index is 2770. The lowest BCUT2D eigenvalue weighted by molar-refractivity contribution is -0.159. The Labute approximate surface area is 719 Å². The highest BCUT2D eigenvalue weighted by molar-refractivity contribution is 5.87. The van der Waals surface area contributed by atoms with Crippen LogP contribution in [0.3, 0.4) is 0 Å². The largest absolute Gasteiger partial charge is 0.464 e. The van der Waals surface area contributed by atoms with Crippen LogP contribution < -0.4 is 21.3 Å². The molecule has 4 heterocycles. The molecule has 0 radical (unpaired) electrons. The third kappa shape index (κ3) is 58.0. The van der Waals surface area contributed by atoms with Crippen LogP contribution in [0.2, 0.25) is 0 Å². The van der Waals surface area contributed by atoms with E-state index in [-0.39, 0.29) is 103 Å². The van der Waals surface area contributed by atoms with E-state index in [4.69, 9.17) is 37.9 Å². The van der Waals surface area contributed by atoms with E-state index in [0.717, 1.165) is 103 Å². The molecule has 6 rings (SSSR count). The number of carbonyl (C=O) groups excluding carboxylic acids is 12. The molecule has 2 aliphatic carbocycles. The number of nitrogens with one attached hydrogen (secondary N) is 4. The maximum Gasteiger partial charge on any atom is 0.328 e. The zero-order chi connectivity index (χ0) is 86.9. The first kappa shape index (κ1) is 106. The lowest BCUT2D eigenvalue weighted by Crippen LogP contribution is -2.42. The van der Waals surface area contributed by atoms with Gasteiger partial charge >= 0.3 is 47.8 Å². The van der Waals surface area contributed by atoms with Gasteiger partial charge in [0, 0.05) is 77.0 Å². The Morgan fingerprint density at radius 2 is 0.433 bits per heavy atom. The van der Waals surface area contributed by atoms with Crippen molar-refractivity contribution in [1.29, 1.82) is 0 Å². The van der Waals surface area contributed by atoms with Gasteiger partial charge in [0.05, 0.1) is 26.4 Å². The summed E-state index contributed by atoms with van der Waals surface area (Å²) < 4.78 is 46.0. The van der Waals surface area contributed by atoms with Crippen molar-refractivity contribution in [3.63, 3.8) is 0 Å². The molecule has 2 saturated carbocycles. The summed E-state index contributed by atoms with van der Waals surface area (Å²) >= 11 is 0. The van der Waals surface area contributed by atoms with E-state index < -0.39 is 120 Å². The van der Waals surface area contributed by atoms with E-state index in [1.807, 2.05) is 0 Å². The molecule has 0 spiro atoms. The second kappa shape index (κ2) is 72.5. The highest BCUT2D eigenvalue weighted by atomic mass is 16.6. The van der Waals surface area contributed by atoms with Gasteiger partial charge in [-0.05, 0) is 152 Å². The molecule has 0 aromatic carbocycles. The minimum Gasteiger partial charge on any atom is -0.464 e. The van der Waals surface area contributed by atoms with Gasteiger partial charge in [0.25, 0.3) is 0 Å². The topological polar surface area (TPSA) is 327 Å². The molecule has 0 aromatic rings. The van der Waals surface area contributed by atoms with Crippen LogP contribution in [0.1, 0.15) is 413 Å². The number of carbonyl (C=O) groups is 12. The van der Waals surface area contributed by atoms with Crippen LogP contribution in [0, 0.1) is 47.4 Å². The Morgan fingerprint density at radius 1 is 0.258 bits per heavy atom. The first-order valence-corrected chi connectivity index (χ1v) is 47.0. The Morgan fingerprint density at radius 3 is 0.617 bits per heavy atom. The smallest absolute Gasteiger partial charge is 0.328 e. The molecule has 676 valence electrons. The van der Waals surface area contributed by atoms with Crippen molar-refractivity contribution >= 4 is 71.4 Å². The van der Waals surface area contributed by atoms with E-state index in [2.05, 4.69) is 96.3 Å². The highest BCUT2D eigenvalue weighted by Crippen LogP contribution is 2.28. The highest BCUT2D eigenvalue weighted by Gasteiger charge is 2.33. The zero-order valence-corrected chi connectivity index (χ0v) is 74.0. The van der Waals surface area contributed by atoms with Crippen molar-refractivity contribution in [3.05, 3.63) is 0 Å². The zero-order valence-electron chi connectivity index (χ0n) is 74.0. The number of hydrogen-bond acceptors (Lipinski definition) is 20. The average molecular weight is 1680 g/mol. The van der Waals surface area contributed by atoms with Crippen LogP contribution >= 0.6 is 0 Å². The van der Waals surface area contributed by atoms with Crippen molar-refractivity contribution < 1.29 is 95.4 Å². The third-order valence-corrected chi connectivity index (χ3v) is 21.7. The van der Waals surface area contributed by atoms with Crippen molar-refractivity contribution in [2.24, 2.45) is 0 Å². The van der Waals surface area contributed by atoms with Gasteiger partial charge in [-0.15, -0.1) is 0 Å². The molecule has 4 N–H and O–H groups in total. The van der Waals surface area contributed by atoms with E-state index in [1.165, 1.54) is 77.0 Å². The molecule has 0 aromatic heterocycles. The van der Waals surface area contributed by atoms with Crippen LogP contribution in [0.25, 0.3) is 0 Å². The Balaban J connectivity index is 1.76. The molecule has 4 atom stereocenters. The predicted molar refractivity (Wildman–Crippen MR) is 462 cm³/mol. The van der Waals surface area contributed by atoms with Crippen LogP contribution in [-0.2, 0) is 95.4 Å². The minimum absolute atomic E-state index is 0.0408. The predicted octanol–water partition coefficient (Wildman–Crippen LogP) is 17.3. The molecular weight excluding hydrogens is 1530 g/mol. The van der Waals surface area contributed by atoms with Crippen LogP contribution in [0.5, 0.6) is 0 Å². The van der Waals surface area contributed by atoms with Crippen molar-refractivity contribution in [3.8, 4) is 47.4 Å². The fraction of sp³-hybridized carbons (Fsp3) is 0.792. The molecule has 2 fully saturated rings. The summed E-state index contributed by atoms with van der Waals surface area (Å²) in [6, 6.07) is -4.39. The monoisotopic (exact) mass is 1680 g/mol. The summed E-state index contributed by atoms with van der Waals surface area (Å²) in [4.78, 5) is 161. The van der Waals surface area contributed by atoms with E-state index in [1.54, 1.807) is 0 Å². The first-order chi connectivity index (χ1) is 58.4.